The van der Waals surface area contributed by atoms with Crippen LogP contribution in [0.25, 0.3) is 0 Å². The number of unbranched alkanes of at least 4 members (excludes halogenated alkanes) is 2. The van der Waals surface area contributed by atoms with Crippen LogP contribution < -0.4 is 20.3 Å². The molecule has 0 heterocycles. The number of nitrogens with one attached hydrogen (secondary N) is 2. The van der Waals surface area contributed by atoms with Gasteiger partial charge in [0.15, 0.2) is 6.61 Å². The first-order chi connectivity index (χ1) is 13.5. The first-order valence-electron chi connectivity index (χ1n) is 9.51. The fraction of sp³-hybridized carbons (Fsp3) is 0.364. The van der Waals surface area contributed by atoms with Crippen molar-refractivity contribution < 1.29 is 19.1 Å². The van der Waals surface area contributed by atoms with Crippen LogP contribution in [0.1, 0.15) is 47.7 Å². The Kier molecular flexibility index (Phi) is 8.34. The fourth-order valence-corrected chi connectivity index (χ4v) is 2.71. The maximum atomic E-state index is 12.4. The molecule has 2 aromatic carbocycles. The molecule has 0 bridgehead atoms. The maximum absolute atomic E-state index is 12.4. The van der Waals surface area contributed by atoms with Gasteiger partial charge in [-0.05, 0) is 55.7 Å². The van der Waals surface area contributed by atoms with Gasteiger partial charge in [0.05, 0.1) is 12.2 Å². The van der Waals surface area contributed by atoms with Crippen LogP contribution in [0.15, 0.2) is 42.5 Å². The Morgan fingerprint density at radius 3 is 2.36 bits per heavy atom. The van der Waals surface area contributed by atoms with Crippen molar-refractivity contribution >= 4 is 11.8 Å². The molecule has 0 aromatic heterocycles. The van der Waals surface area contributed by atoms with Gasteiger partial charge in [0.25, 0.3) is 11.8 Å². The summed E-state index contributed by atoms with van der Waals surface area (Å²) in [6.07, 6.45) is 3.10. The van der Waals surface area contributed by atoms with Crippen LogP contribution in [0.5, 0.6) is 11.5 Å². The predicted molar refractivity (Wildman–Crippen MR) is 108 cm³/mol. The van der Waals surface area contributed by atoms with Gasteiger partial charge in [-0.2, -0.15) is 0 Å². The highest BCUT2D eigenvalue weighted by atomic mass is 16.5. The number of benzene rings is 2. The molecule has 6 heteroatoms. The maximum Gasteiger partial charge on any atom is 0.276 e. The summed E-state index contributed by atoms with van der Waals surface area (Å²) in [5.74, 6) is 0.223. The van der Waals surface area contributed by atoms with Gasteiger partial charge in [0.1, 0.15) is 11.5 Å². The number of para-hydroxylation sites is 1. The topological polar surface area (TPSA) is 76.7 Å². The summed E-state index contributed by atoms with van der Waals surface area (Å²) in [5, 5.41) is 0. The van der Waals surface area contributed by atoms with E-state index in [0.717, 1.165) is 30.4 Å². The van der Waals surface area contributed by atoms with Crippen molar-refractivity contribution in [1.82, 2.24) is 10.9 Å². The molecule has 0 unspecified atom stereocenters. The van der Waals surface area contributed by atoms with Gasteiger partial charge in [0.2, 0.25) is 0 Å². The zero-order valence-corrected chi connectivity index (χ0v) is 16.7. The Morgan fingerprint density at radius 1 is 0.929 bits per heavy atom. The van der Waals surface area contributed by atoms with E-state index >= 15 is 0 Å². The molecule has 2 aromatic rings. The van der Waals surface area contributed by atoms with E-state index in [-0.39, 0.29) is 6.61 Å². The minimum absolute atomic E-state index is 0.196. The van der Waals surface area contributed by atoms with Gasteiger partial charge in [-0.3, -0.25) is 20.4 Å². The summed E-state index contributed by atoms with van der Waals surface area (Å²) < 4.78 is 11.2. The second-order valence-corrected chi connectivity index (χ2v) is 6.67. The van der Waals surface area contributed by atoms with Gasteiger partial charge in [0, 0.05) is 0 Å². The summed E-state index contributed by atoms with van der Waals surface area (Å²) in [4.78, 5) is 24.3. The van der Waals surface area contributed by atoms with Crippen molar-refractivity contribution in [2.24, 2.45) is 0 Å². The van der Waals surface area contributed by atoms with Gasteiger partial charge >= 0.3 is 0 Å². The van der Waals surface area contributed by atoms with Crippen molar-refractivity contribution in [3.05, 3.63) is 59.2 Å². The van der Waals surface area contributed by atoms with E-state index in [1.54, 1.807) is 18.2 Å². The molecule has 0 aliphatic carbocycles. The average molecular weight is 384 g/mol. The van der Waals surface area contributed by atoms with E-state index in [4.69, 9.17) is 9.47 Å². The highest BCUT2D eigenvalue weighted by Crippen LogP contribution is 2.18. The van der Waals surface area contributed by atoms with E-state index < -0.39 is 11.8 Å². The molecule has 0 radical (unpaired) electrons. The molecule has 0 atom stereocenters. The van der Waals surface area contributed by atoms with Crippen LogP contribution in [0.3, 0.4) is 0 Å². The number of hydrazine groups is 1. The van der Waals surface area contributed by atoms with E-state index in [1.807, 2.05) is 38.1 Å². The molecule has 0 aliphatic heterocycles. The lowest BCUT2D eigenvalue weighted by atomic mass is 10.1. The van der Waals surface area contributed by atoms with Crippen LogP contribution in [0.4, 0.5) is 0 Å². The normalized spacial score (nSPS) is 10.2. The molecule has 0 saturated carbocycles. The molecular weight excluding hydrogens is 356 g/mol. The Bertz CT molecular complexity index is 785. The molecule has 0 spiro atoms. The predicted octanol–water partition coefficient (Wildman–Crippen LogP) is 3.71. The summed E-state index contributed by atoms with van der Waals surface area (Å²) in [6, 6.07) is 12.7. The number of carbonyl (C=O) groups is 2. The van der Waals surface area contributed by atoms with Crippen LogP contribution in [-0.2, 0) is 4.79 Å². The Morgan fingerprint density at radius 2 is 1.64 bits per heavy atom. The summed E-state index contributed by atoms with van der Waals surface area (Å²) in [5.41, 5.74) is 7.25. The molecule has 150 valence electrons. The molecule has 2 rings (SSSR count). The van der Waals surface area contributed by atoms with E-state index in [0.29, 0.717) is 23.7 Å². The second-order valence-electron chi connectivity index (χ2n) is 6.67. The quantitative estimate of drug-likeness (QED) is 0.510. The van der Waals surface area contributed by atoms with Crippen molar-refractivity contribution in [2.45, 2.75) is 40.0 Å². The van der Waals surface area contributed by atoms with Crippen molar-refractivity contribution in [1.29, 1.82) is 0 Å². The molecule has 6 nitrogen and oxygen atoms in total. The Hall–Kier alpha value is -3.02. The van der Waals surface area contributed by atoms with Crippen LogP contribution >= 0.6 is 0 Å². The lowest BCUT2D eigenvalue weighted by Crippen LogP contribution is -2.43. The minimum Gasteiger partial charge on any atom is -0.493 e. The Balaban J connectivity index is 1.83. The minimum atomic E-state index is -0.450. The lowest BCUT2D eigenvalue weighted by Gasteiger charge is -2.12. The lowest BCUT2D eigenvalue weighted by molar-refractivity contribution is -0.123. The Labute approximate surface area is 166 Å². The van der Waals surface area contributed by atoms with Gasteiger partial charge < -0.3 is 9.47 Å². The summed E-state index contributed by atoms with van der Waals surface area (Å²) in [7, 11) is 0. The van der Waals surface area contributed by atoms with Crippen LogP contribution in [0, 0.1) is 13.8 Å². The smallest absolute Gasteiger partial charge is 0.276 e. The largest absolute Gasteiger partial charge is 0.493 e. The molecule has 0 saturated heterocycles. The second kappa shape index (κ2) is 11.0. The third kappa shape index (κ3) is 6.95. The van der Waals surface area contributed by atoms with Gasteiger partial charge in [-0.15, -0.1) is 0 Å². The summed E-state index contributed by atoms with van der Waals surface area (Å²) >= 11 is 0. The molecule has 0 fully saturated rings. The molecular formula is C22H28N2O4. The number of hydrogen-bond acceptors (Lipinski definition) is 4. The fourth-order valence-electron chi connectivity index (χ4n) is 2.71. The number of amides is 2. The number of rotatable bonds is 9. The van der Waals surface area contributed by atoms with Crippen LogP contribution in [0.2, 0.25) is 0 Å². The number of carbonyl (C=O) groups excluding carboxylic acids is 2. The van der Waals surface area contributed by atoms with Gasteiger partial charge in [-0.25, -0.2) is 0 Å². The molecule has 2 amide bonds. The van der Waals surface area contributed by atoms with Crippen molar-refractivity contribution in [3.8, 4) is 11.5 Å². The van der Waals surface area contributed by atoms with Crippen molar-refractivity contribution in [3.63, 3.8) is 0 Å². The van der Waals surface area contributed by atoms with E-state index in [1.165, 1.54) is 0 Å². The first kappa shape index (κ1) is 21.3. The van der Waals surface area contributed by atoms with Crippen LogP contribution in [-0.4, -0.2) is 25.0 Å². The number of aryl methyl sites for hydroxylation is 2. The third-order valence-corrected chi connectivity index (χ3v) is 4.02. The molecule has 2 N–H and O–H groups in total. The first-order valence-corrected chi connectivity index (χ1v) is 9.51. The zero-order valence-electron chi connectivity index (χ0n) is 16.7. The SMILES string of the molecule is CCCCCOc1ccccc1C(=O)NNC(=O)COc1cc(C)cc(C)c1. The highest BCUT2D eigenvalue weighted by Gasteiger charge is 2.13. The number of ether oxygens (including phenoxy) is 2. The van der Waals surface area contributed by atoms with Crippen molar-refractivity contribution in [2.75, 3.05) is 13.2 Å². The monoisotopic (exact) mass is 384 g/mol. The van der Waals surface area contributed by atoms with E-state index in [2.05, 4.69) is 17.8 Å². The zero-order chi connectivity index (χ0) is 20.4. The third-order valence-electron chi connectivity index (χ3n) is 4.02. The molecule has 28 heavy (non-hydrogen) atoms. The van der Waals surface area contributed by atoms with E-state index in [9.17, 15) is 9.59 Å². The number of hydrogen-bond donors (Lipinski definition) is 2. The highest BCUT2D eigenvalue weighted by molar-refractivity contribution is 5.97. The summed E-state index contributed by atoms with van der Waals surface area (Å²) in [6.45, 7) is 6.39. The molecule has 0 aliphatic rings. The standard InChI is InChI=1S/C22H28N2O4/c1-4-5-8-11-27-20-10-7-6-9-19(20)22(26)24-23-21(25)15-28-18-13-16(2)12-17(3)14-18/h6-7,9-10,12-14H,4-5,8,11,15H2,1-3H3,(H,23,25)(H,24,26). The average Bonchev–Trinajstić information content (AvgIpc) is 2.67. The van der Waals surface area contributed by atoms with Gasteiger partial charge in [-0.1, -0.05) is 38.0 Å².